The van der Waals surface area contributed by atoms with Gasteiger partial charge in [-0.2, -0.15) is 9.97 Å². The van der Waals surface area contributed by atoms with E-state index in [4.69, 9.17) is 5.73 Å². The summed E-state index contributed by atoms with van der Waals surface area (Å²) in [6, 6.07) is 1.89. The Morgan fingerprint density at radius 3 is 2.33 bits per heavy atom. The summed E-state index contributed by atoms with van der Waals surface area (Å²) in [4.78, 5) is 10.5. The van der Waals surface area contributed by atoms with E-state index in [1.807, 2.05) is 6.07 Å². The van der Waals surface area contributed by atoms with Crippen LogP contribution in [0.1, 0.15) is 20.3 Å². The van der Waals surface area contributed by atoms with Crippen LogP contribution >= 0.6 is 0 Å². The molecule has 1 aromatic rings. The topological polar surface area (TPSA) is 79.1 Å². The van der Waals surface area contributed by atoms with Crippen LogP contribution in [0, 0.1) is 0 Å². The standard InChI is InChI=1S/C12H24N6/c1-4-6-14-10-9-11(17-12(13)16-10)15-7-8-18(3)5-2/h9H,4-8H2,1-3H3,(H4,13,14,15,16,17). The first kappa shape index (κ1) is 14.5. The molecule has 1 aromatic heterocycles. The SMILES string of the molecule is CCCNc1cc(NCCN(C)CC)nc(N)n1. The van der Waals surface area contributed by atoms with Crippen LogP contribution in [-0.2, 0) is 0 Å². The van der Waals surface area contributed by atoms with Crippen molar-refractivity contribution in [2.45, 2.75) is 20.3 Å². The second-order valence-electron chi connectivity index (χ2n) is 4.25. The lowest BCUT2D eigenvalue weighted by Gasteiger charge is -2.14. The summed E-state index contributed by atoms with van der Waals surface area (Å²) in [5.74, 6) is 1.84. The summed E-state index contributed by atoms with van der Waals surface area (Å²) in [6.07, 6.45) is 1.05. The van der Waals surface area contributed by atoms with Crippen LogP contribution in [0.2, 0.25) is 0 Å². The van der Waals surface area contributed by atoms with Gasteiger partial charge < -0.3 is 21.3 Å². The second-order valence-corrected chi connectivity index (χ2v) is 4.25. The van der Waals surface area contributed by atoms with Crippen LogP contribution in [0.15, 0.2) is 6.07 Å². The van der Waals surface area contributed by atoms with Gasteiger partial charge in [-0.05, 0) is 20.0 Å². The van der Waals surface area contributed by atoms with Crippen LogP contribution in [0.3, 0.4) is 0 Å². The van der Waals surface area contributed by atoms with E-state index in [1.54, 1.807) is 0 Å². The fourth-order valence-corrected chi connectivity index (χ4v) is 1.43. The quantitative estimate of drug-likeness (QED) is 0.646. The normalized spacial score (nSPS) is 10.7. The molecule has 0 aliphatic heterocycles. The second kappa shape index (κ2) is 7.71. The lowest BCUT2D eigenvalue weighted by Crippen LogP contribution is -2.25. The van der Waals surface area contributed by atoms with Gasteiger partial charge in [0.25, 0.3) is 0 Å². The molecule has 6 heteroatoms. The molecule has 0 unspecified atom stereocenters. The number of nitrogens with zero attached hydrogens (tertiary/aromatic N) is 3. The fraction of sp³-hybridized carbons (Fsp3) is 0.667. The van der Waals surface area contributed by atoms with Crippen LogP contribution in [0.25, 0.3) is 0 Å². The van der Waals surface area contributed by atoms with E-state index in [1.165, 1.54) is 0 Å². The van der Waals surface area contributed by atoms with Crippen LogP contribution in [0.5, 0.6) is 0 Å². The fourth-order valence-electron chi connectivity index (χ4n) is 1.43. The molecule has 0 aliphatic rings. The third-order valence-corrected chi connectivity index (χ3v) is 2.64. The van der Waals surface area contributed by atoms with Crippen molar-refractivity contribution in [2.24, 2.45) is 0 Å². The molecule has 0 aliphatic carbocycles. The van der Waals surface area contributed by atoms with Crippen molar-refractivity contribution in [3.63, 3.8) is 0 Å². The zero-order chi connectivity index (χ0) is 13.4. The van der Waals surface area contributed by atoms with Crippen LogP contribution in [0.4, 0.5) is 17.6 Å². The molecule has 0 fully saturated rings. The van der Waals surface area contributed by atoms with Crippen LogP contribution < -0.4 is 16.4 Å². The molecule has 0 atom stereocenters. The molecule has 1 rings (SSSR count). The summed E-state index contributed by atoms with van der Waals surface area (Å²) >= 11 is 0. The van der Waals surface area contributed by atoms with E-state index in [0.717, 1.165) is 44.2 Å². The highest BCUT2D eigenvalue weighted by molar-refractivity contribution is 5.50. The highest BCUT2D eigenvalue weighted by Crippen LogP contribution is 2.12. The summed E-state index contributed by atoms with van der Waals surface area (Å²) < 4.78 is 0. The molecule has 1 heterocycles. The van der Waals surface area contributed by atoms with Gasteiger partial charge in [-0.15, -0.1) is 0 Å². The molecule has 18 heavy (non-hydrogen) atoms. The lowest BCUT2D eigenvalue weighted by molar-refractivity contribution is 0.367. The van der Waals surface area contributed by atoms with Crippen molar-refractivity contribution < 1.29 is 0 Å². The average Bonchev–Trinajstić information content (AvgIpc) is 2.35. The zero-order valence-electron chi connectivity index (χ0n) is 11.5. The predicted molar refractivity (Wildman–Crippen MR) is 76.9 cm³/mol. The van der Waals surface area contributed by atoms with Gasteiger partial charge in [-0.3, -0.25) is 0 Å². The van der Waals surface area contributed by atoms with Gasteiger partial charge in [-0.1, -0.05) is 13.8 Å². The molecular weight excluding hydrogens is 228 g/mol. The van der Waals surface area contributed by atoms with Gasteiger partial charge in [0.2, 0.25) is 5.95 Å². The lowest BCUT2D eigenvalue weighted by atomic mass is 10.4. The number of rotatable bonds is 8. The van der Waals surface area contributed by atoms with E-state index in [9.17, 15) is 0 Å². The summed E-state index contributed by atoms with van der Waals surface area (Å²) in [5.41, 5.74) is 5.68. The first-order valence-corrected chi connectivity index (χ1v) is 6.46. The first-order valence-electron chi connectivity index (χ1n) is 6.46. The molecular formula is C12H24N6. The molecule has 0 spiro atoms. The Morgan fingerprint density at radius 1 is 1.17 bits per heavy atom. The van der Waals surface area contributed by atoms with Crippen molar-refractivity contribution >= 4 is 17.6 Å². The van der Waals surface area contributed by atoms with Gasteiger partial charge in [0.15, 0.2) is 0 Å². The third-order valence-electron chi connectivity index (χ3n) is 2.64. The monoisotopic (exact) mass is 252 g/mol. The summed E-state index contributed by atoms with van der Waals surface area (Å²) in [6.45, 7) is 7.98. The van der Waals surface area contributed by atoms with Gasteiger partial charge in [0.1, 0.15) is 11.6 Å². The minimum absolute atomic E-state index is 0.294. The molecule has 0 bridgehead atoms. The molecule has 0 aromatic carbocycles. The molecule has 6 nitrogen and oxygen atoms in total. The van der Waals surface area contributed by atoms with Crippen molar-refractivity contribution in [2.75, 3.05) is 49.6 Å². The van der Waals surface area contributed by atoms with Gasteiger partial charge in [-0.25, -0.2) is 0 Å². The Kier molecular flexibility index (Phi) is 6.21. The van der Waals surface area contributed by atoms with Crippen LogP contribution in [-0.4, -0.2) is 48.1 Å². The number of nitrogens with one attached hydrogen (secondary N) is 2. The van der Waals surface area contributed by atoms with Crippen molar-refractivity contribution in [1.29, 1.82) is 0 Å². The average molecular weight is 252 g/mol. The largest absolute Gasteiger partial charge is 0.370 e. The highest BCUT2D eigenvalue weighted by Gasteiger charge is 2.02. The van der Waals surface area contributed by atoms with E-state index in [-0.39, 0.29) is 0 Å². The minimum atomic E-state index is 0.294. The number of aromatic nitrogens is 2. The maximum absolute atomic E-state index is 5.68. The smallest absolute Gasteiger partial charge is 0.223 e. The maximum Gasteiger partial charge on any atom is 0.223 e. The Labute approximate surface area is 109 Å². The number of nitrogens with two attached hydrogens (primary N) is 1. The maximum atomic E-state index is 5.68. The van der Waals surface area contributed by atoms with E-state index in [2.05, 4.69) is 46.4 Å². The molecule has 4 N–H and O–H groups in total. The van der Waals surface area contributed by atoms with Crippen molar-refractivity contribution in [1.82, 2.24) is 14.9 Å². The number of hydrogen-bond donors (Lipinski definition) is 3. The van der Waals surface area contributed by atoms with Crippen molar-refractivity contribution in [3.05, 3.63) is 6.07 Å². The molecule has 0 saturated carbocycles. The number of likely N-dealkylation sites (N-methyl/N-ethyl adjacent to an activating group) is 1. The number of anilines is 3. The van der Waals surface area contributed by atoms with E-state index in [0.29, 0.717) is 5.95 Å². The third kappa shape index (κ3) is 5.18. The first-order chi connectivity index (χ1) is 8.65. The molecule has 0 amide bonds. The summed E-state index contributed by atoms with van der Waals surface area (Å²) in [5, 5.41) is 6.46. The Balaban J connectivity index is 2.51. The van der Waals surface area contributed by atoms with Crippen molar-refractivity contribution in [3.8, 4) is 0 Å². The van der Waals surface area contributed by atoms with E-state index >= 15 is 0 Å². The molecule has 0 saturated heterocycles. The van der Waals surface area contributed by atoms with E-state index < -0.39 is 0 Å². The molecule has 0 radical (unpaired) electrons. The Hall–Kier alpha value is -1.56. The van der Waals surface area contributed by atoms with Gasteiger partial charge in [0.05, 0.1) is 0 Å². The highest BCUT2D eigenvalue weighted by atomic mass is 15.1. The summed E-state index contributed by atoms with van der Waals surface area (Å²) in [7, 11) is 2.09. The zero-order valence-corrected chi connectivity index (χ0v) is 11.5. The molecule has 102 valence electrons. The number of nitrogen functional groups attached to an aromatic ring is 1. The van der Waals surface area contributed by atoms with Gasteiger partial charge in [0, 0.05) is 25.7 Å². The Bertz CT molecular complexity index is 354. The Morgan fingerprint density at radius 2 is 1.78 bits per heavy atom. The number of hydrogen-bond acceptors (Lipinski definition) is 6. The minimum Gasteiger partial charge on any atom is -0.370 e. The van der Waals surface area contributed by atoms with Gasteiger partial charge >= 0.3 is 0 Å². The predicted octanol–water partition coefficient (Wildman–Crippen LogP) is 1.24.